The molecule has 4 rings (SSSR count). The van der Waals surface area contributed by atoms with E-state index < -0.39 is 5.41 Å². The fourth-order valence-electron chi connectivity index (χ4n) is 4.77. The Morgan fingerprint density at radius 2 is 1.69 bits per heavy atom. The summed E-state index contributed by atoms with van der Waals surface area (Å²) in [5.41, 5.74) is 0.982. The summed E-state index contributed by atoms with van der Waals surface area (Å²) in [5, 5.41) is 3.74. The second-order valence-electron chi connectivity index (χ2n) is 8.06. The Bertz CT molecular complexity index is 887. The highest BCUT2D eigenvalue weighted by Gasteiger charge is 2.52. The highest BCUT2D eigenvalue weighted by Crippen LogP contribution is 2.44. The third-order valence-electron chi connectivity index (χ3n) is 6.44. The van der Waals surface area contributed by atoms with Crippen molar-refractivity contribution in [2.24, 2.45) is 5.41 Å². The van der Waals surface area contributed by atoms with E-state index in [0.29, 0.717) is 30.1 Å². The van der Waals surface area contributed by atoms with E-state index >= 15 is 0 Å². The Morgan fingerprint density at radius 3 is 2.41 bits per heavy atom. The molecule has 2 amide bonds. The van der Waals surface area contributed by atoms with Crippen LogP contribution in [0.4, 0.5) is 5.69 Å². The standard InChI is InChI=1S/C23H26ClN3O2/c1-26-15-12-23(22(29)25-19-5-3-2-4-6-19)13-16-27(14-11-20(23)26)21(28)17-7-9-18(24)10-8-17/h2-10,20H,11-16H2,1H3,(H,25,29)/t20-,23-/m1/s1. The maximum absolute atomic E-state index is 13.4. The first-order valence-electron chi connectivity index (χ1n) is 10.1. The number of likely N-dealkylation sites (tertiary alicyclic amines) is 2. The van der Waals surface area contributed by atoms with Crippen molar-refractivity contribution in [1.82, 2.24) is 9.80 Å². The van der Waals surface area contributed by atoms with Gasteiger partial charge in [-0.1, -0.05) is 29.8 Å². The summed E-state index contributed by atoms with van der Waals surface area (Å²) in [4.78, 5) is 30.6. The minimum absolute atomic E-state index is 0.00270. The molecule has 2 heterocycles. The molecule has 2 saturated heterocycles. The number of benzene rings is 2. The van der Waals surface area contributed by atoms with E-state index in [1.54, 1.807) is 24.3 Å². The minimum atomic E-state index is -0.473. The van der Waals surface area contributed by atoms with Crippen LogP contribution in [0.3, 0.4) is 0 Å². The number of hydrogen-bond donors (Lipinski definition) is 1. The lowest BCUT2D eigenvalue weighted by atomic mass is 9.75. The number of fused-ring (bicyclic) bond motifs is 1. The summed E-state index contributed by atoms with van der Waals surface area (Å²) in [6, 6.07) is 16.7. The summed E-state index contributed by atoms with van der Waals surface area (Å²) in [6.45, 7) is 2.13. The lowest BCUT2D eigenvalue weighted by Gasteiger charge is -2.34. The van der Waals surface area contributed by atoms with E-state index in [-0.39, 0.29) is 17.9 Å². The molecular formula is C23H26ClN3O2. The largest absolute Gasteiger partial charge is 0.339 e. The molecule has 2 aliphatic heterocycles. The number of anilines is 1. The van der Waals surface area contributed by atoms with E-state index in [9.17, 15) is 9.59 Å². The maximum Gasteiger partial charge on any atom is 0.253 e. The van der Waals surface area contributed by atoms with Gasteiger partial charge in [0.1, 0.15) is 0 Å². The Labute approximate surface area is 176 Å². The number of rotatable bonds is 3. The van der Waals surface area contributed by atoms with E-state index in [1.165, 1.54) is 0 Å². The second-order valence-corrected chi connectivity index (χ2v) is 8.50. The molecule has 0 spiro atoms. The zero-order valence-corrected chi connectivity index (χ0v) is 17.4. The molecule has 1 N–H and O–H groups in total. The highest BCUT2D eigenvalue weighted by atomic mass is 35.5. The first-order valence-corrected chi connectivity index (χ1v) is 10.5. The molecule has 29 heavy (non-hydrogen) atoms. The number of carbonyl (C=O) groups excluding carboxylic acids is 2. The Hall–Kier alpha value is -2.37. The van der Waals surface area contributed by atoms with E-state index in [1.807, 2.05) is 35.2 Å². The topological polar surface area (TPSA) is 52.7 Å². The van der Waals surface area contributed by atoms with E-state index in [4.69, 9.17) is 11.6 Å². The van der Waals surface area contributed by atoms with Gasteiger partial charge in [-0.25, -0.2) is 0 Å². The average molecular weight is 412 g/mol. The van der Waals surface area contributed by atoms with Crippen molar-refractivity contribution in [2.45, 2.75) is 25.3 Å². The van der Waals surface area contributed by atoms with Gasteiger partial charge in [-0.05, 0) is 69.3 Å². The van der Waals surface area contributed by atoms with Crippen LogP contribution in [-0.4, -0.2) is 54.3 Å². The van der Waals surface area contributed by atoms with Crippen molar-refractivity contribution in [3.05, 3.63) is 65.2 Å². The zero-order chi connectivity index (χ0) is 20.4. The Morgan fingerprint density at radius 1 is 1.00 bits per heavy atom. The summed E-state index contributed by atoms with van der Waals surface area (Å²) >= 11 is 5.95. The number of carbonyl (C=O) groups is 2. The molecule has 0 unspecified atom stereocenters. The van der Waals surface area contributed by atoms with Gasteiger partial charge in [-0.3, -0.25) is 9.59 Å². The summed E-state index contributed by atoms with van der Waals surface area (Å²) < 4.78 is 0. The monoisotopic (exact) mass is 411 g/mol. The molecule has 0 bridgehead atoms. The number of amides is 2. The van der Waals surface area contributed by atoms with Crippen LogP contribution in [-0.2, 0) is 4.79 Å². The molecule has 2 aromatic carbocycles. The van der Waals surface area contributed by atoms with Crippen molar-refractivity contribution < 1.29 is 9.59 Å². The smallest absolute Gasteiger partial charge is 0.253 e. The number of hydrogen-bond acceptors (Lipinski definition) is 3. The fourth-order valence-corrected chi connectivity index (χ4v) is 4.89. The van der Waals surface area contributed by atoms with Crippen molar-refractivity contribution in [2.75, 3.05) is 32.0 Å². The number of nitrogens with one attached hydrogen (secondary N) is 1. The molecule has 0 aromatic heterocycles. The van der Waals surface area contributed by atoms with Gasteiger partial charge in [0.15, 0.2) is 0 Å². The van der Waals surface area contributed by atoms with Crippen molar-refractivity contribution in [3.63, 3.8) is 0 Å². The molecule has 2 fully saturated rings. The van der Waals surface area contributed by atoms with Gasteiger partial charge in [0.05, 0.1) is 5.41 Å². The molecular weight excluding hydrogens is 386 g/mol. The van der Waals surface area contributed by atoms with Gasteiger partial charge < -0.3 is 15.1 Å². The molecule has 5 nitrogen and oxygen atoms in total. The van der Waals surface area contributed by atoms with Gasteiger partial charge in [0.2, 0.25) is 5.91 Å². The van der Waals surface area contributed by atoms with Crippen LogP contribution in [0.5, 0.6) is 0 Å². The van der Waals surface area contributed by atoms with Crippen molar-refractivity contribution in [3.8, 4) is 0 Å². The van der Waals surface area contributed by atoms with E-state index in [2.05, 4.69) is 17.3 Å². The van der Waals surface area contributed by atoms with Gasteiger partial charge >= 0.3 is 0 Å². The first-order chi connectivity index (χ1) is 14.0. The fraction of sp³-hybridized carbons (Fsp3) is 0.391. The van der Waals surface area contributed by atoms with Crippen LogP contribution in [0.2, 0.25) is 5.02 Å². The van der Waals surface area contributed by atoms with Gasteiger partial charge in [0, 0.05) is 35.4 Å². The predicted octanol–water partition coefficient (Wildman–Crippen LogP) is 3.91. The number of nitrogens with zero attached hydrogens (tertiary/aromatic N) is 2. The Balaban J connectivity index is 1.54. The lowest BCUT2D eigenvalue weighted by molar-refractivity contribution is -0.127. The van der Waals surface area contributed by atoms with Crippen LogP contribution < -0.4 is 5.32 Å². The van der Waals surface area contributed by atoms with E-state index in [0.717, 1.165) is 25.1 Å². The normalized spacial score (nSPS) is 24.6. The van der Waals surface area contributed by atoms with Crippen LogP contribution in [0.1, 0.15) is 29.6 Å². The van der Waals surface area contributed by atoms with Crippen LogP contribution in [0.15, 0.2) is 54.6 Å². The quantitative estimate of drug-likeness (QED) is 0.833. The highest BCUT2D eigenvalue weighted by molar-refractivity contribution is 6.30. The number of halogens is 1. The summed E-state index contributed by atoms with van der Waals surface area (Å²) in [7, 11) is 2.08. The zero-order valence-electron chi connectivity index (χ0n) is 16.6. The molecule has 2 aliphatic rings. The third kappa shape index (κ3) is 3.89. The minimum Gasteiger partial charge on any atom is -0.339 e. The van der Waals surface area contributed by atoms with Crippen molar-refractivity contribution >= 4 is 29.1 Å². The summed E-state index contributed by atoms with van der Waals surface area (Å²) in [6.07, 6.45) is 2.27. The van der Waals surface area contributed by atoms with Crippen LogP contribution in [0, 0.1) is 5.41 Å². The molecule has 2 aromatic rings. The van der Waals surface area contributed by atoms with Crippen molar-refractivity contribution in [1.29, 1.82) is 0 Å². The first kappa shape index (κ1) is 19.9. The third-order valence-corrected chi connectivity index (χ3v) is 6.70. The van der Waals surface area contributed by atoms with Crippen LogP contribution in [0.25, 0.3) is 0 Å². The molecule has 0 aliphatic carbocycles. The van der Waals surface area contributed by atoms with Crippen LogP contribution >= 0.6 is 11.6 Å². The predicted molar refractivity (Wildman–Crippen MR) is 115 cm³/mol. The molecule has 152 valence electrons. The number of para-hydroxylation sites is 1. The Kier molecular flexibility index (Phi) is 5.61. The molecule has 6 heteroatoms. The van der Waals surface area contributed by atoms with Gasteiger partial charge in [-0.2, -0.15) is 0 Å². The average Bonchev–Trinajstić information content (AvgIpc) is 2.93. The second kappa shape index (κ2) is 8.17. The van der Waals surface area contributed by atoms with Gasteiger partial charge in [0.25, 0.3) is 5.91 Å². The molecule has 0 saturated carbocycles. The molecule has 0 radical (unpaired) electrons. The SMILES string of the molecule is CN1CC[C@@]2(C(=O)Nc3ccccc3)CCN(C(=O)c3ccc(Cl)cc3)CC[C@@H]12. The van der Waals surface area contributed by atoms with Gasteiger partial charge in [-0.15, -0.1) is 0 Å². The lowest BCUT2D eigenvalue weighted by Crippen LogP contribution is -2.46. The molecule has 2 atom stereocenters. The summed E-state index contributed by atoms with van der Waals surface area (Å²) in [5.74, 6) is 0.0711. The maximum atomic E-state index is 13.4.